The molecule has 0 radical (unpaired) electrons. The minimum atomic E-state index is -0.941. The fraction of sp³-hybridized carbons (Fsp3) is 0.267. The summed E-state index contributed by atoms with van der Waals surface area (Å²) in [5, 5.41) is 14.0. The predicted molar refractivity (Wildman–Crippen MR) is 90.3 cm³/mol. The van der Waals surface area contributed by atoms with Crippen LogP contribution in [0.4, 0.5) is 10.8 Å². The van der Waals surface area contributed by atoms with Crippen LogP contribution in [0.5, 0.6) is 0 Å². The van der Waals surface area contributed by atoms with Gasteiger partial charge in [-0.3, -0.25) is 5.43 Å². The Kier molecular flexibility index (Phi) is 5.48. The highest BCUT2D eigenvalue weighted by Crippen LogP contribution is 2.20. The number of thiazole rings is 1. The first kappa shape index (κ1) is 16.0. The molecule has 0 spiro atoms. The van der Waals surface area contributed by atoms with Gasteiger partial charge in [-0.2, -0.15) is 5.10 Å². The number of rotatable bonds is 7. The zero-order valence-corrected chi connectivity index (χ0v) is 13.3. The monoisotopic (exact) mass is 318 g/mol. The van der Waals surface area contributed by atoms with Crippen LogP contribution in [-0.4, -0.2) is 35.4 Å². The van der Waals surface area contributed by atoms with Gasteiger partial charge in [-0.25, -0.2) is 9.78 Å². The van der Waals surface area contributed by atoms with Gasteiger partial charge in [0, 0.05) is 19.3 Å². The van der Waals surface area contributed by atoms with Crippen LogP contribution in [-0.2, 0) is 0 Å². The van der Waals surface area contributed by atoms with E-state index in [0.29, 0.717) is 0 Å². The van der Waals surface area contributed by atoms with Crippen LogP contribution < -0.4 is 10.3 Å². The summed E-state index contributed by atoms with van der Waals surface area (Å²) in [5.41, 5.74) is 3.85. The Labute approximate surface area is 133 Å². The second-order valence-corrected chi connectivity index (χ2v) is 5.51. The molecule has 1 aromatic carbocycles. The number of carboxylic acid groups (broad SMARTS) is 1. The van der Waals surface area contributed by atoms with Gasteiger partial charge in [0.1, 0.15) is 0 Å². The molecule has 1 aromatic heterocycles. The number of hydrogen-bond acceptors (Lipinski definition) is 6. The molecule has 0 saturated carbocycles. The first-order valence-electron chi connectivity index (χ1n) is 6.97. The van der Waals surface area contributed by atoms with Crippen molar-refractivity contribution in [3.63, 3.8) is 0 Å². The molecule has 2 aromatic rings. The zero-order chi connectivity index (χ0) is 15.9. The molecule has 2 N–H and O–H groups in total. The predicted octanol–water partition coefficient (Wildman–Crippen LogP) is 3.13. The summed E-state index contributed by atoms with van der Waals surface area (Å²) in [4.78, 5) is 18.3. The van der Waals surface area contributed by atoms with E-state index in [2.05, 4.69) is 34.3 Å². The molecule has 1 heterocycles. The van der Waals surface area contributed by atoms with Gasteiger partial charge in [0.05, 0.1) is 22.3 Å². The molecular weight excluding hydrogens is 300 g/mol. The summed E-state index contributed by atoms with van der Waals surface area (Å²) < 4.78 is 0. The summed E-state index contributed by atoms with van der Waals surface area (Å²) in [6.45, 7) is 6.05. The van der Waals surface area contributed by atoms with E-state index in [1.807, 2.05) is 0 Å². The molecule has 0 unspecified atom stereocenters. The number of nitrogens with zero attached hydrogens (tertiary/aromatic N) is 3. The molecule has 0 aliphatic rings. The second kappa shape index (κ2) is 7.56. The summed E-state index contributed by atoms with van der Waals surface area (Å²) in [6, 6.07) is 6.42. The Morgan fingerprint density at radius 1 is 1.36 bits per heavy atom. The summed E-state index contributed by atoms with van der Waals surface area (Å²) >= 11 is 1.58. The molecule has 0 aliphatic heterocycles. The number of hydrazone groups is 1. The van der Waals surface area contributed by atoms with E-state index in [1.54, 1.807) is 35.9 Å². The number of hydrogen-bond donors (Lipinski definition) is 2. The van der Waals surface area contributed by atoms with Crippen molar-refractivity contribution < 1.29 is 9.90 Å². The zero-order valence-electron chi connectivity index (χ0n) is 12.5. The largest absolute Gasteiger partial charge is 0.478 e. The molecule has 22 heavy (non-hydrogen) atoms. The Morgan fingerprint density at radius 3 is 2.64 bits per heavy atom. The lowest BCUT2D eigenvalue weighted by atomic mass is 10.2. The molecule has 0 atom stereocenters. The minimum Gasteiger partial charge on any atom is -0.478 e. The first-order chi connectivity index (χ1) is 10.6. The Bertz CT molecular complexity index is 648. The van der Waals surface area contributed by atoms with E-state index in [4.69, 9.17) is 5.11 Å². The van der Waals surface area contributed by atoms with Gasteiger partial charge in [0.15, 0.2) is 5.13 Å². The lowest BCUT2D eigenvalue weighted by Gasteiger charge is -2.16. The van der Waals surface area contributed by atoms with Crippen molar-refractivity contribution in [2.45, 2.75) is 13.8 Å². The number of carbonyl (C=O) groups is 1. The van der Waals surface area contributed by atoms with Gasteiger partial charge in [0.25, 0.3) is 0 Å². The molecule has 116 valence electrons. The number of benzene rings is 1. The van der Waals surface area contributed by atoms with Crippen molar-refractivity contribution in [3.8, 4) is 0 Å². The molecule has 6 nitrogen and oxygen atoms in total. The fourth-order valence-electron chi connectivity index (χ4n) is 1.83. The Hall–Kier alpha value is -2.41. The van der Waals surface area contributed by atoms with Crippen LogP contribution in [0, 0.1) is 0 Å². The molecule has 0 fully saturated rings. The number of aromatic carboxylic acids is 1. The number of anilines is 2. The maximum absolute atomic E-state index is 10.8. The lowest BCUT2D eigenvalue weighted by molar-refractivity contribution is 0.0697. The van der Waals surface area contributed by atoms with Crippen molar-refractivity contribution in [2.24, 2.45) is 5.10 Å². The van der Waals surface area contributed by atoms with Crippen molar-refractivity contribution in [1.29, 1.82) is 0 Å². The maximum Gasteiger partial charge on any atom is 0.335 e. The van der Waals surface area contributed by atoms with Crippen molar-refractivity contribution >= 4 is 34.3 Å². The molecular formula is C15H18N4O2S. The highest BCUT2D eigenvalue weighted by Gasteiger charge is 2.06. The molecule has 0 saturated heterocycles. The van der Waals surface area contributed by atoms with E-state index >= 15 is 0 Å². The van der Waals surface area contributed by atoms with E-state index in [0.717, 1.165) is 28.8 Å². The highest BCUT2D eigenvalue weighted by molar-refractivity contribution is 7.17. The van der Waals surface area contributed by atoms with Crippen molar-refractivity contribution in [3.05, 3.63) is 40.9 Å². The number of nitrogens with one attached hydrogen (secondary N) is 1. The van der Waals surface area contributed by atoms with E-state index in [9.17, 15) is 4.79 Å². The summed E-state index contributed by atoms with van der Waals surface area (Å²) in [5.74, 6) is -0.941. The standard InChI is InChI=1S/C15H18N4O2S/c1-3-19(4-2)15-16-9-13(22-15)10-17-18-12-7-5-11(6-8-12)14(20)21/h5-10,18H,3-4H2,1-2H3,(H,20,21). The minimum absolute atomic E-state index is 0.251. The molecule has 0 aliphatic carbocycles. The second-order valence-electron chi connectivity index (χ2n) is 4.47. The molecule has 0 bridgehead atoms. The lowest BCUT2D eigenvalue weighted by Crippen LogP contribution is -2.21. The van der Waals surface area contributed by atoms with Crippen LogP contribution in [0.25, 0.3) is 0 Å². The third kappa shape index (κ3) is 4.05. The van der Waals surface area contributed by atoms with Gasteiger partial charge in [-0.1, -0.05) is 11.3 Å². The topological polar surface area (TPSA) is 77.8 Å². The average Bonchev–Trinajstić information content (AvgIpc) is 2.98. The summed E-state index contributed by atoms with van der Waals surface area (Å²) in [6.07, 6.45) is 3.49. The van der Waals surface area contributed by atoms with Gasteiger partial charge >= 0.3 is 5.97 Å². The van der Waals surface area contributed by atoms with E-state index in [1.165, 1.54) is 12.1 Å². The summed E-state index contributed by atoms with van der Waals surface area (Å²) in [7, 11) is 0. The number of aromatic nitrogens is 1. The van der Waals surface area contributed by atoms with Crippen LogP contribution in [0.3, 0.4) is 0 Å². The normalized spacial score (nSPS) is 10.8. The SMILES string of the molecule is CCN(CC)c1ncc(C=NNc2ccc(C(=O)O)cc2)s1. The third-order valence-electron chi connectivity index (χ3n) is 3.06. The molecule has 7 heteroatoms. The van der Waals surface area contributed by atoms with Crippen LogP contribution in [0.15, 0.2) is 35.6 Å². The Balaban J connectivity index is 1.96. The quantitative estimate of drug-likeness (QED) is 0.606. The maximum atomic E-state index is 10.8. The Morgan fingerprint density at radius 2 is 2.05 bits per heavy atom. The van der Waals surface area contributed by atoms with Crippen molar-refractivity contribution in [2.75, 3.05) is 23.4 Å². The first-order valence-corrected chi connectivity index (χ1v) is 7.79. The average molecular weight is 318 g/mol. The van der Waals surface area contributed by atoms with Crippen LogP contribution in [0.2, 0.25) is 0 Å². The number of carboxylic acids is 1. The van der Waals surface area contributed by atoms with E-state index < -0.39 is 5.97 Å². The third-order valence-corrected chi connectivity index (χ3v) is 4.06. The van der Waals surface area contributed by atoms with E-state index in [-0.39, 0.29) is 5.56 Å². The van der Waals surface area contributed by atoms with Gasteiger partial charge in [-0.15, -0.1) is 0 Å². The van der Waals surface area contributed by atoms with Gasteiger partial charge in [0.2, 0.25) is 0 Å². The highest BCUT2D eigenvalue weighted by atomic mass is 32.1. The van der Waals surface area contributed by atoms with Crippen LogP contribution >= 0.6 is 11.3 Å². The van der Waals surface area contributed by atoms with Crippen molar-refractivity contribution in [1.82, 2.24) is 4.98 Å². The van der Waals surface area contributed by atoms with Gasteiger partial charge < -0.3 is 10.0 Å². The smallest absolute Gasteiger partial charge is 0.335 e. The molecule has 2 rings (SSSR count). The molecule has 0 amide bonds. The van der Waals surface area contributed by atoms with Gasteiger partial charge in [-0.05, 0) is 38.1 Å². The van der Waals surface area contributed by atoms with Crippen LogP contribution in [0.1, 0.15) is 29.1 Å². The fourth-order valence-corrected chi connectivity index (χ4v) is 2.75.